The van der Waals surface area contributed by atoms with Gasteiger partial charge in [0, 0.05) is 18.1 Å². The highest BCUT2D eigenvalue weighted by atomic mass is 35.5. The second-order valence-electron chi connectivity index (χ2n) is 5.30. The molecule has 0 saturated heterocycles. The zero-order valence-corrected chi connectivity index (χ0v) is 15.9. The van der Waals surface area contributed by atoms with Gasteiger partial charge in [-0.1, -0.05) is 37.3 Å². The van der Waals surface area contributed by atoms with E-state index in [1.165, 1.54) is 4.88 Å². The zero-order chi connectivity index (χ0) is 15.5. The number of hydrogen-bond acceptors (Lipinski definition) is 4. The number of likely N-dealkylation sites (N-methyl/N-ethyl adjacent to an activating group) is 1. The van der Waals surface area contributed by atoms with Crippen LogP contribution in [0.2, 0.25) is 0 Å². The van der Waals surface area contributed by atoms with Crippen molar-refractivity contribution in [1.82, 2.24) is 9.88 Å². The second kappa shape index (κ2) is 9.23. The molecule has 2 N–H and O–H groups in total. The fourth-order valence-corrected chi connectivity index (χ4v) is 3.08. The number of aryl methyl sites for hydroxylation is 1. The van der Waals surface area contributed by atoms with E-state index in [9.17, 15) is 4.79 Å². The molecule has 1 atom stereocenters. The first kappa shape index (κ1) is 21.9. The molecule has 0 aliphatic heterocycles. The van der Waals surface area contributed by atoms with Crippen LogP contribution in [0.1, 0.15) is 29.3 Å². The van der Waals surface area contributed by atoms with Gasteiger partial charge in [-0.2, -0.15) is 0 Å². The van der Waals surface area contributed by atoms with Crippen molar-refractivity contribution in [3.05, 3.63) is 52.0 Å². The van der Waals surface area contributed by atoms with Crippen molar-refractivity contribution in [2.45, 2.75) is 32.4 Å². The van der Waals surface area contributed by atoms with Gasteiger partial charge in [-0.25, -0.2) is 4.98 Å². The molecule has 2 rings (SSSR count). The Morgan fingerprint density at radius 1 is 1.30 bits per heavy atom. The summed E-state index contributed by atoms with van der Waals surface area (Å²) in [6.07, 6.45) is 2.84. The Hall–Kier alpha value is -1.14. The van der Waals surface area contributed by atoms with Crippen molar-refractivity contribution in [2.24, 2.45) is 5.73 Å². The van der Waals surface area contributed by atoms with E-state index in [2.05, 4.69) is 11.9 Å². The number of rotatable bonds is 5. The summed E-state index contributed by atoms with van der Waals surface area (Å²) in [5.74, 6) is -0.109. The minimum absolute atomic E-state index is 0. The third-order valence-corrected chi connectivity index (χ3v) is 4.61. The molecule has 0 fully saturated rings. The molecule has 0 bridgehead atoms. The summed E-state index contributed by atoms with van der Waals surface area (Å²) in [6, 6.07) is 9.45. The standard InChI is InChI=1S/C16H21N3OS.2ClH/c1-4-13-10-18-14(21-13)11-19(3)15(20)16(2,17)12-8-6-5-7-9-12;;/h5-10H,4,11,17H2,1-3H3;2*1H. The lowest BCUT2D eigenvalue weighted by atomic mass is 9.92. The van der Waals surface area contributed by atoms with Crippen LogP contribution < -0.4 is 5.73 Å². The van der Waals surface area contributed by atoms with E-state index in [1.807, 2.05) is 36.5 Å². The lowest BCUT2D eigenvalue weighted by molar-refractivity contribution is -0.136. The first-order valence-corrected chi connectivity index (χ1v) is 7.80. The van der Waals surface area contributed by atoms with E-state index in [4.69, 9.17) is 5.73 Å². The Balaban J connectivity index is 0.00000242. The molecule has 1 aromatic carbocycles. The zero-order valence-electron chi connectivity index (χ0n) is 13.5. The Morgan fingerprint density at radius 2 is 1.91 bits per heavy atom. The smallest absolute Gasteiger partial charge is 0.247 e. The third-order valence-electron chi connectivity index (χ3n) is 3.49. The molecule has 1 amide bonds. The number of thiazole rings is 1. The fraction of sp³-hybridized carbons (Fsp3) is 0.375. The molecule has 2 aromatic rings. The summed E-state index contributed by atoms with van der Waals surface area (Å²) in [4.78, 5) is 19.8. The Kier molecular flexibility index (Phi) is 8.77. The normalized spacial score (nSPS) is 12.5. The summed E-state index contributed by atoms with van der Waals surface area (Å²) in [7, 11) is 1.77. The van der Waals surface area contributed by atoms with Crippen molar-refractivity contribution in [2.75, 3.05) is 7.05 Å². The van der Waals surface area contributed by atoms with Crippen molar-refractivity contribution in [3.63, 3.8) is 0 Å². The van der Waals surface area contributed by atoms with Gasteiger partial charge in [0.1, 0.15) is 10.5 Å². The molecular formula is C16H23Cl2N3OS. The number of carbonyl (C=O) groups is 1. The average Bonchev–Trinajstić information content (AvgIpc) is 2.94. The number of carbonyl (C=O) groups excluding carboxylic acids is 1. The van der Waals surface area contributed by atoms with Crippen molar-refractivity contribution < 1.29 is 4.79 Å². The molecule has 0 aliphatic carbocycles. The maximum absolute atomic E-state index is 12.6. The Morgan fingerprint density at radius 3 is 2.43 bits per heavy atom. The van der Waals surface area contributed by atoms with Gasteiger partial charge in [-0.3, -0.25) is 4.79 Å². The summed E-state index contributed by atoms with van der Waals surface area (Å²) in [6.45, 7) is 4.34. The minimum atomic E-state index is -1.03. The Bertz CT molecular complexity index is 617. The molecule has 7 heteroatoms. The number of halogens is 2. The molecular weight excluding hydrogens is 353 g/mol. The van der Waals surface area contributed by atoms with E-state index < -0.39 is 5.54 Å². The largest absolute Gasteiger partial charge is 0.337 e. The van der Waals surface area contributed by atoms with Crippen LogP contribution in [0.4, 0.5) is 0 Å². The summed E-state index contributed by atoms with van der Waals surface area (Å²) >= 11 is 1.64. The van der Waals surface area contributed by atoms with E-state index in [0.29, 0.717) is 6.54 Å². The number of amides is 1. The van der Waals surface area contributed by atoms with Crippen LogP contribution in [0.25, 0.3) is 0 Å². The maximum atomic E-state index is 12.6. The molecule has 0 aliphatic rings. The van der Waals surface area contributed by atoms with E-state index in [-0.39, 0.29) is 30.7 Å². The summed E-state index contributed by atoms with van der Waals surface area (Å²) in [5, 5.41) is 0.937. The Labute approximate surface area is 153 Å². The van der Waals surface area contributed by atoms with E-state index in [0.717, 1.165) is 17.0 Å². The number of nitrogens with zero attached hydrogens (tertiary/aromatic N) is 2. The third kappa shape index (κ3) is 5.18. The van der Waals surface area contributed by atoms with Gasteiger partial charge in [0.05, 0.1) is 6.54 Å². The van der Waals surface area contributed by atoms with Gasteiger partial charge >= 0.3 is 0 Å². The number of benzene rings is 1. The molecule has 0 spiro atoms. The molecule has 128 valence electrons. The summed E-state index contributed by atoms with van der Waals surface area (Å²) in [5.41, 5.74) is 6.05. The van der Waals surface area contributed by atoms with Gasteiger partial charge in [0.2, 0.25) is 5.91 Å². The molecule has 1 heterocycles. The van der Waals surface area contributed by atoms with Gasteiger partial charge in [-0.05, 0) is 18.9 Å². The molecule has 0 radical (unpaired) electrons. The molecule has 23 heavy (non-hydrogen) atoms. The van der Waals surface area contributed by atoms with Crippen LogP contribution in [-0.2, 0) is 23.3 Å². The number of nitrogens with two attached hydrogens (primary N) is 1. The SMILES string of the molecule is CCc1cnc(CN(C)C(=O)C(C)(N)c2ccccc2)s1.Cl.Cl. The van der Waals surface area contributed by atoms with Crippen LogP contribution in [0.15, 0.2) is 36.5 Å². The van der Waals surface area contributed by atoms with Gasteiger partial charge in [0.15, 0.2) is 0 Å². The monoisotopic (exact) mass is 375 g/mol. The van der Waals surface area contributed by atoms with Crippen molar-refractivity contribution >= 4 is 42.1 Å². The van der Waals surface area contributed by atoms with Crippen LogP contribution in [0.5, 0.6) is 0 Å². The van der Waals surface area contributed by atoms with Crippen LogP contribution in [0, 0.1) is 0 Å². The van der Waals surface area contributed by atoms with E-state index in [1.54, 1.807) is 30.2 Å². The first-order valence-electron chi connectivity index (χ1n) is 6.98. The molecule has 1 aromatic heterocycles. The highest BCUT2D eigenvalue weighted by Gasteiger charge is 2.33. The minimum Gasteiger partial charge on any atom is -0.337 e. The van der Waals surface area contributed by atoms with Crippen LogP contribution >= 0.6 is 36.2 Å². The topological polar surface area (TPSA) is 59.2 Å². The average molecular weight is 376 g/mol. The number of hydrogen-bond donors (Lipinski definition) is 1. The van der Waals surface area contributed by atoms with Gasteiger partial charge in [-0.15, -0.1) is 36.2 Å². The molecule has 0 saturated carbocycles. The first-order chi connectivity index (χ1) is 9.95. The lowest BCUT2D eigenvalue weighted by Gasteiger charge is -2.29. The number of aromatic nitrogens is 1. The quantitative estimate of drug-likeness (QED) is 0.870. The fourth-order valence-electron chi connectivity index (χ4n) is 2.16. The second-order valence-corrected chi connectivity index (χ2v) is 6.50. The highest BCUT2D eigenvalue weighted by Crippen LogP contribution is 2.22. The van der Waals surface area contributed by atoms with Crippen molar-refractivity contribution in [3.8, 4) is 0 Å². The molecule has 1 unspecified atom stereocenters. The van der Waals surface area contributed by atoms with Gasteiger partial charge < -0.3 is 10.6 Å². The van der Waals surface area contributed by atoms with E-state index >= 15 is 0 Å². The lowest BCUT2D eigenvalue weighted by Crippen LogP contribution is -2.49. The van der Waals surface area contributed by atoms with Crippen LogP contribution in [-0.4, -0.2) is 22.8 Å². The van der Waals surface area contributed by atoms with Crippen LogP contribution in [0.3, 0.4) is 0 Å². The molecule has 4 nitrogen and oxygen atoms in total. The maximum Gasteiger partial charge on any atom is 0.247 e. The van der Waals surface area contributed by atoms with Crippen molar-refractivity contribution in [1.29, 1.82) is 0 Å². The predicted octanol–water partition coefficient (Wildman–Crippen LogP) is 3.38. The highest BCUT2D eigenvalue weighted by molar-refractivity contribution is 7.11. The predicted molar refractivity (Wildman–Crippen MR) is 100 cm³/mol. The van der Waals surface area contributed by atoms with Gasteiger partial charge in [0.25, 0.3) is 0 Å². The summed E-state index contributed by atoms with van der Waals surface area (Å²) < 4.78 is 0.